The highest BCUT2D eigenvalue weighted by Gasteiger charge is 2.13. The summed E-state index contributed by atoms with van der Waals surface area (Å²) in [6.07, 6.45) is 2.70. The van der Waals surface area contributed by atoms with Crippen LogP contribution in [0.1, 0.15) is 25.6 Å². The Morgan fingerprint density at radius 2 is 2.14 bits per heavy atom. The minimum atomic E-state index is 0.568. The van der Waals surface area contributed by atoms with Crippen molar-refractivity contribution in [3.63, 3.8) is 0 Å². The lowest BCUT2D eigenvalue weighted by Gasteiger charge is -2.08. The number of methoxy groups -OCH3 is 1. The molecule has 0 atom stereocenters. The molecule has 116 valence electrons. The lowest BCUT2D eigenvalue weighted by molar-refractivity contribution is 0.190. The van der Waals surface area contributed by atoms with Gasteiger partial charge in [0.05, 0.1) is 12.1 Å². The molecule has 0 aliphatic carbocycles. The summed E-state index contributed by atoms with van der Waals surface area (Å²) in [5.74, 6) is 2.44. The summed E-state index contributed by atoms with van der Waals surface area (Å²) in [5.41, 5.74) is 2.04. The van der Waals surface area contributed by atoms with Crippen molar-refractivity contribution in [1.29, 1.82) is 0 Å². The zero-order chi connectivity index (χ0) is 15.1. The predicted molar refractivity (Wildman–Crippen MR) is 86.4 cm³/mol. The number of aryl methyl sites for hydroxylation is 2. The van der Waals surface area contributed by atoms with Crippen LogP contribution in [0.15, 0.2) is 18.2 Å². The van der Waals surface area contributed by atoms with Crippen molar-refractivity contribution in [2.24, 2.45) is 0 Å². The van der Waals surface area contributed by atoms with Gasteiger partial charge in [-0.15, -0.1) is 11.6 Å². The summed E-state index contributed by atoms with van der Waals surface area (Å²) in [5, 5.41) is 0. The van der Waals surface area contributed by atoms with Gasteiger partial charge in [0.1, 0.15) is 17.1 Å². The average Bonchev–Trinajstić information content (AvgIpc) is 2.84. The van der Waals surface area contributed by atoms with E-state index in [-0.39, 0.29) is 0 Å². The summed E-state index contributed by atoms with van der Waals surface area (Å²) in [4.78, 5) is 4.75. The molecule has 1 aromatic carbocycles. The Morgan fingerprint density at radius 3 is 2.86 bits per heavy atom. The van der Waals surface area contributed by atoms with Gasteiger partial charge in [0, 0.05) is 32.6 Å². The highest BCUT2D eigenvalue weighted by Crippen LogP contribution is 2.27. The fourth-order valence-electron chi connectivity index (χ4n) is 2.39. The van der Waals surface area contributed by atoms with Gasteiger partial charge >= 0.3 is 0 Å². The zero-order valence-corrected chi connectivity index (χ0v) is 13.5. The first-order valence-corrected chi connectivity index (χ1v) is 8.01. The number of para-hydroxylation sites is 1. The molecule has 0 spiro atoms. The Hall–Kier alpha value is -1.26. The third-order valence-electron chi connectivity index (χ3n) is 3.33. The maximum atomic E-state index is 5.91. The van der Waals surface area contributed by atoms with Gasteiger partial charge in [0.25, 0.3) is 0 Å². The van der Waals surface area contributed by atoms with Gasteiger partial charge in [0.15, 0.2) is 0 Å². The Morgan fingerprint density at radius 1 is 1.29 bits per heavy atom. The van der Waals surface area contributed by atoms with E-state index in [9.17, 15) is 0 Å². The second-order valence-electron chi connectivity index (χ2n) is 4.94. The Balaban J connectivity index is 2.36. The topological polar surface area (TPSA) is 36.3 Å². The van der Waals surface area contributed by atoms with Crippen molar-refractivity contribution in [1.82, 2.24) is 9.55 Å². The predicted octanol–water partition coefficient (Wildman–Crippen LogP) is 3.64. The second kappa shape index (κ2) is 8.25. The molecule has 0 unspecified atom stereocenters. The number of imidazole rings is 1. The molecule has 0 aliphatic heterocycles. The van der Waals surface area contributed by atoms with Crippen molar-refractivity contribution >= 4 is 22.6 Å². The van der Waals surface area contributed by atoms with Crippen molar-refractivity contribution < 1.29 is 9.47 Å². The lowest BCUT2D eigenvalue weighted by Crippen LogP contribution is -2.06. The first-order chi connectivity index (χ1) is 10.3. The van der Waals surface area contributed by atoms with Gasteiger partial charge in [-0.3, -0.25) is 0 Å². The number of benzene rings is 1. The number of nitrogens with zero attached hydrogens (tertiary/aromatic N) is 2. The van der Waals surface area contributed by atoms with Crippen LogP contribution >= 0.6 is 11.6 Å². The third kappa shape index (κ3) is 3.89. The SMILES string of the molecule is CCCOc1cccc2c1nc(CCCl)n2CCCOC. The first kappa shape index (κ1) is 16.1. The summed E-state index contributed by atoms with van der Waals surface area (Å²) in [6, 6.07) is 6.09. The standard InChI is InChI=1S/C16H23ClN2O2/c1-3-11-21-14-7-4-6-13-16(14)18-15(8-9-17)19(13)10-5-12-20-2/h4,6-7H,3,5,8-12H2,1-2H3. The monoisotopic (exact) mass is 310 g/mol. The van der Waals surface area contributed by atoms with Crippen molar-refractivity contribution in [3.05, 3.63) is 24.0 Å². The van der Waals surface area contributed by atoms with Crippen molar-refractivity contribution in [3.8, 4) is 5.75 Å². The highest BCUT2D eigenvalue weighted by molar-refractivity contribution is 6.17. The number of rotatable bonds is 9. The largest absolute Gasteiger partial charge is 0.491 e. The quantitative estimate of drug-likeness (QED) is 0.524. The molecule has 0 radical (unpaired) electrons. The molecule has 0 saturated heterocycles. The zero-order valence-electron chi connectivity index (χ0n) is 12.8. The van der Waals surface area contributed by atoms with Gasteiger partial charge in [-0.2, -0.15) is 0 Å². The van der Waals surface area contributed by atoms with Crippen LogP contribution in [0.25, 0.3) is 11.0 Å². The van der Waals surface area contributed by atoms with E-state index in [0.717, 1.165) is 55.0 Å². The number of alkyl halides is 1. The molecule has 2 rings (SSSR count). The van der Waals surface area contributed by atoms with Crippen LogP contribution in [-0.2, 0) is 17.7 Å². The molecule has 4 nitrogen and oxygen atoms in total. The van der Waals surface area contributed by atoms with E-state index in [0.29, 0.717) is 12.5 Å². The Kier molecular flexibility index (Phi) is 6.33. The average molecular weight is 311 g/mol. The van der Waals surface area contributed by atoms with E-state index in [1.165, 1.54) is 0 Å². The summed E-state index contributed by atoms with van der Waals surface area (Å²) in [7, 11) is 1.72. The van der Waals surface area contributed by atoms with E-state index in [4.69, 9.17) is 26.1 Å². The van der Waals surface area contributed by atoms with Crippen LogP contribution < -0.4 is 4.74 Å². The van der Waals surface area contributed by atoms with Gasteiger partial charge in [-0.25, -0.2) is 4.98 Å². The van der Waals surface area contributed by atoms with Crippen LogP contribution in [0, 0.1) is 0 Å². The van der Waals surface area contributed by atoms with Crippen LogP contribution in [0.3, 0.4) is 0 Å². The molecule has 0 aliphatic rings. The maximum absolute atomic E-state index is 5.91. The molecule has 0 bridgehead atoms. The van der Waals surface area contributed by atoms with Gasteiger partial charge in [-0.05, 0) is 25.0 Å². The molecule has 1 heterocycles. The van der Waals surface area contributed by atoms with E-state index in [1.54, 1.807) is 7.11 Å². The highest BCUT2D eigenvalue weighted by atomic mass is 35.5. The fourth-order valence-corrected chi connectivity index (χ4v) is 2.56. The lowest BCUT2D eigenvalue weighted by atomic mass is 10.3. The van der Waals surface area contributed by atoms with E-state index < -0.39 is 0 Å². The first-order valence-electron chi connectivity index (χ1n) is 7.47. The molecule has 5 heteroatoms. The normalized spacial score (nSPS) is 11.2. The Labute approximate surface area is 131 Å². The second-order valence-corrected chi connectivity index (χ2v) is 5.32. The minimum Gasteiger partial charge on any atom is -0.491 e. The van der Waals surface area contributed by atoms with Crippen molar-refractivity contribution in [2.75, 3.05) is 26.2 Å². The smallest absolute Gasteiger partial charge is 0.147 e. The fraction of sp³-hybridized carbons (Fsp3) is 0.562. The summed E-state index contributed by atoms with van der Waals surface area (Å²) in [6.45, 7) is 4.43. The molecular weight excluding hydrogens is 288 g/mol. The molecular formula is C16H23ClN2O2. The van der Waals surface area contributed by atoms with Crippen molar-refractivity contribution in [2.45, 2.75) is 32.7 Å². The van der Waals surface area contributed by atoms with Crippen LogP contribution in [0.4, 0.5) is 0 Å². The minimum absolute atomic E-state index is 0.568. The molecule has 0 saturated carbocycles. The van der Waals surface area contributed by atoms with E-state index in [2.05, 4.69) is 17.6 Å². The van der Waals surface area contributed by atoms with Crippen LogP contribution in [0.2, 0.25) is 0 Å². The molecule has 0 fully saturated rings. The van der Waals surface area contributed by atoms with Crippen LogP contribution in [0.5, 0.6) is 5.75 Å². The summed E-state index contributed by atoms with van der Waals surface area (Å²) < 4.78 is 13.2. The van der Waals surface area contributed by atoms with E-state index in [1.807, 2.05) is 12.1 Å². The number of hydrogen-bond acceptors (Lipinski definition) is 3. The molecule has 1 aromatic heterocycles. The number of halogens is 1. The number of aromatic nitrogens is 2. The molecule has 21 heavy (non-hydrogen) atoms. The maximum Gasteiger partial charge on any atom is 0.147 e. The number of hydrogen-bond donors (Lipinski definition) is 0. The third-order valence-corrected chi connectivity index (χ3v) is 3.52. The molecule has 0 amide bonds. The Bertz CT molecular complexity index is 569. The summed E-state index contributed by atoms with van der Waals surface area (Å²) >= 11 is 5.91. The molecule has 0 N–H and O–H groups in total. The number of fused-ring (bicyclic) bond motifs is 1. The van der Waals surface area contributed by atoms with Crippen LogP contribution in [-0.4, -0.2) is 35.8 Å². The van der Waals surface area contributed by atoms with Gasteiger partial charge < -0.3 is 14.0 Å². The van der Waals surface area contributed by atoms with Gasteiger partial charge in [0.2, 0.25) is 0 Å². The van der Waals surface area contributed by atoms with E-state index >= 15 is 0 Å². The molecule has 2 aromatic rings. The number of ether oxygens (including phenoxy) is 2. The van der Waals surface area contributed by atoms with Gasteiger partial charge in [-0.1, -0.05) is 13.0 Å².